The summed E-state index contributed by atoms with van der Waals surface area (Å²) in [5.74, 6) is -1.32. The molecule has 2 aliphatic rings. The second-order valence-electron chi connectivity index (χ2n) is 11.4. The van der Waals surface area contributed by atoms with Crippen molar-refractivity contribution in [2.24, 2.45) is 5.41 Å². The third kappa shape index (κ3) is 5.44. The van der Waals surface area contributed by atoms with Crippen LogP contribution in [0, 0.1) is 19.3 Å². The quantitative estimate of drug-likeness (QED) is 0.469. The van der Waals surface area contributed by atoms with Crippen LogP contribution in [0.15, 0.2) is 30.6 Å². The number of benzene rings is 1. The molecule has 1 saturated heterocycles. The Bertz CT molecular complexity index is 1440. The number of aryl methyl sites for hydroxylation is 2. The summed E-state index contributed by atoms with van der Waals surface area (Å²) < 4.78 is 0. The van der Waals surface area contributed by atoms with Crippen molar-refractivity contribution in [3.05, 3.63) is 64.4 Å². The predicted octanol–water partition coefficient (Wildman–Crippen LogP) is 4.67. The molecule has 9 heteroatoms. The molecule has 0 amide bonds. The van der Waals surface area contributed by atoms with Crippen molar-refractivity contribution in [2.75, 3.05) is 29.4 Å². The van der Waals surface area contributed by atoms with E-state index in [0.29, 0.717) is 18.9 Å². The van der Waals surface area contributed by atoms with Gasteiger partial charge in [0.15, 0.2) is 5.69 Å². The minimum Gasteiger partial charge on any atom is -0.481 e. The van der Waals surface area contributed by atoms with Gasteiger partial charge in [0.1, 0.15) is 12.1 Å². The average Bonchev–Trinajstić information content (AvgIpc) is 2.89. The van der Waals surface area contributed by atoms with Gasteiger partial charge in [-0.3, -0.25) is 9.78 Å². The fourth-order valence-corrected chi connectivity index (χ4v) is 5.80. The summed E-state index contributed by atoms with van der Waals surface area (Å²) in [4.78, 5) is 40.6. The first-order valence-corrected chi connectivity index (χ1v) is 13.4. The molecule has 1 aromatic carbocycles. The van der Waals surface area contributed by atoms with Gasteiger partial charge < -0.3 is 20.0 Å². The van der Waals surface area contributed by atoms with Crippen LogP contribution in [0.2, 0.25) is 0 Å². The van der Waals surface area contributed by atoms with E-state index in [0.717, 1.165) is 71.7 Å². The van der Waals surface area contributed by atoms with Crippen LogP contribution < -0.4 is 9.80 Å². The van der Waals surface area contributed by atoms with Gasteiger partial charge >= 0.3 is 11.9 Å². The highest BCUT2D eigenvalue weighted by molar-refractivity contribution is 5.87. The van der Waals surface area contributed by atoms with Gasteiger partial charge in [-0.1, -0.05) is 32.0 Å². The Balaban J connectivity index is 1.53. The summed E-state index contributed by atoms with van der Waals surface area (Å²) >= 11 is 0. The largest absolute Gasteiger partial charge is 0.481 e. The lowest BCUT2D eigenvalue weighted by Crippen LogP contribution is -2.38. The number of hydrogen-bond acceptors (Lipinski definition) is 7. The minimum atomic E-state index is -1.07. The number of carboxylic acids is 2. The van der Waals surface area contributed by atoms with Crippen molar-refractivity contribution >= 4 is 23.4 Å². The number of aromatic nitrogens is 3. The molecule has 0 aliphatic carbocycles. The zero-order valence-corrected chi connectivity index (χ0v) is 23.0. The standard InChI is InChI=1S/C30H35N5O4/c1-18-23(14-26(36)37)28(34-11-8-30(3,4)9-12-34)27(19(2)33-18)21-5-6-22-16-35(10-7-20(22)13-21)25-15-24(29(38)39)31-17-32-25/h5-6,13,15,17H,7-12,14,16H2,1-4H3,(H,36,37)(H,38,39). The fraction of sp³-hybridized carbons (Fsp3) is 0.433. The van der Waals surface area contributed by atoms with Crippen LogP contribution in [0.25, 0.3) is 11.1 Å². The van der Waals surface area contributed by atoms with E-state index in [2.05, 4.69) is 51.8 Å². The molecule has 0 spiro atoms. The van der Waals surface area contributed by atoms with Gasteiger partial charge in [0.05, 0.1) is 12.1 Å². The van der Waals surface area contributed by atoms with E-state index >= 15 is 0 Å². The number of hydrogen-bond donors (Lipinski definition) is 2. The fourth-order valence-electron chi connectivity index (χ4n) is 5.80. The summed E-state index contributed by atoms with van der Waals surface area (Å²) in [6.45, 7) is 11.6. The third-order valence-electron chi connectivity index (χ3n) is 8.12. The lowest BCUT2D eigenvalue weighted by molar-refractivity contribution is -0.136. The average molecular weight is 530 g/mol. The molecule has 0 bridgehead atoms. The summed E-state index contributed by atoms with van der Waals surface area (Å²) in [6.07, 6.45) is 4.11. The summed E-state index contributed by atoms with van der Waals surface area (Å²) in [6, 6.07) is 7.96. The van der Waals surface area contributed by atoms with Crippen LogP contribution in [0.3, 0.4) is 0 Å². The van der Waals surface area contributed by atoms with Gasteiger partial charge in [0.25, 0.3) is 0 Å². The first-order chi connectivity index (χ1) is 18.5. The maximum atomic E-state index is 11.9. The molecule has 5 rings (SSSR count). The van der Waals surface area contributed by atoms with Crippen LogP contribution in [0.5, 0.6) is 0 Å². The van der Waals surface area contributed by atoms with E-state index in [1.807, 2.05) is 13.8 Å². The van der Waals surface area contributed by atoms with Crippen molar-refractivity contribution < 1.29 is 19.8 Å². The van der Waals surface area contributed by atoms with Crippen LogP contribution in [-0.4, -0.2) is 56.7 Å². The molecule has 9 nitrogen and oxygen atoms in total. The first kappa shape index (κ1) is 26.6. The van der Waals surface area contributed by atoms with E-state index in [4.69, 9.17) is 4.98 Å². The molecular formula is C30H35N5O4. The van der Waals surface area contributed by atoms with Gasteiger partial charge in [0, 0.05) is 54.8 Å². The summed E-state index contributed by atoms with van der Waals surface area (Å²) in [5.41, 5.74) is 8.19. The molecule has 1 fully saturated rings. The molecule has 2 aliphatic heterocycles. The molecule has 4 heterocycles. The predicted molar refractivity (Wildman–Crippen MR) is 149 cm³/mol. The van der Waals surface area contributed by atoms with Crippen LogP contribution in [0.4, 0.5) is 11.5 Å². The van der Waals surface area contributed by atoms with Crippen molar-refractivity contribution in [2.45, 2.75) is 59.9 Å². The Morgan fingerprint density at radius 3 is 2.38 bits per heavy atom. The van der Waals surface area contributed by atoms with Gasteiger partial charge in [-0.15, -0.1) is 0 Å². The number of carbonyl (C=O) groups is 2. The number of pyridine rings is 1. The normalized spacial score (nSPS) is 16.6. The summed E-state index contributed by atoms with van der Waals surface area (Å²) in [7, 11) is 0. The smallest absolute Gasteiger partial charge is 0.354 e. The molecule has 3 aromatic rings. The molecule has 0 saturated carbocycles. The van der Waals surface area contributed by atoms with Gasteiger partial charge in [-0.2, -0.15) is 0 Å². The molecule has 0 atom stereocenters. The molecule has 2 aromatic heterocycles. The molecule has 0 radical (unpaired) electrons. The Labute approximate surface area is 228 Å². The maximum Gasteiger partial charge on any atom is 0.354 e. The Hall–Kier alpha value is -4.01. The van der Waals surface area contributed by atoms with Crippen molar-refractivity contribution in [3.63, 3.8) is 0 Å². The Morgan fingerprint density at radius 1 is 0.949 bits per heavy atom. The van der Waals surface area contributed by atoms with E-state index in [1.54, 1.807) is 0 Å². The zero-order chi connectivity index (χ0) is 27.9. The van der Waals surface area contributed by atoms with E-state index in [-0.39, 0.29) is 17.5 Å². The number of piperidine rings is 1. The van der Waals surface area contributed by atoms with Crippen molar-refractivity contribution in [3.8, 4) is 11.1 Å². The summed E-state index contributed by atoms with van der Waals surface area (Å²) in [5, 5.41) is 19.1. The molecule has 39 heavy (non-hydrogen) atoms. The first-order valence-electron chi connectivity index (χ1n) is 13.4. The second-order valence-corrected chi connectivity index (χ2v) is 11.4. The number of carboxylic acid groups (broad SMARTS) is 2. The SMILES string of the molecule is Cc1nc(C)c(-c2ccc3c(c2)CCN(c2cc(C(=O)O)ncn2)C3)c(N2CCC(C)(C)CC2)c1CC(=O)O. The number of fused-ring (bicyclic) bond motifs is 1. The van der Waals surface area contributed by atoms with Gasteiger partial charge in [-0.25, -0.2) is 14.8 Å². The zero-order valence-electron chi connectivity index (χ0n) is 23.0. The Kier molecular flexibility index (Phi) is 7.01. The highest BCUT2D eigenvalue weighted by Crippen LogP contribution is 2.42. The highest BCUT2D eigenvalue weighted by Gasteiger charge is 2.30. The molecule has 0 unspecified atom stereocenters. The van der Waals surface area contributed by atoms with Crippen LogP contribution >= 0.6 is 0 Å². The van der Waals surface area contributed by atoms with Gasteiger partial charge in [-0.05, 0) is 55.2 Å². The third-order valence-corrected chi connectivity index (χ3v) is 8.12. The lowest BCUT2D eigenvalue weighted by atomic mass is 9.82. The second kappa shape index (κ2) is 10.3. The Morgan fingerprint density at radius 2 is 1.69 bits per heavy atom. The van der Waals surface area contributed by atoms with Crippen molar-refractivity contribution in [1.29, 1.82) is 0 Å². The highest BCUT2D eigenvalue weighted by atomic mass is 16.4. The molecular weight excluding hydrogens is 494 g/mol. The van der Waals surface area contributed by atoms with Crippen molar-refractivity contribution in [1.82, 2.24) is 15.0 Å². The molecule has 2 N–H and O–H groups in total. The van der Waals surface area contributed by atoms with Crippen LogP contribution in [0.1, 0.15) is 65.3 Å². The van der Waals surface area contributed by atoms with E-state index in [9.17, 15) is 19.8 Å². The topological polar surface area (TPSA) is 120 Å². The number of aromatic carboxylic acids is 1. The number of anilines is 2. The van der Waals surface area contributed by atoms with Gasteiger partial charge in [0.2, 0.25) is 0 Å². The molecule has 204 valence electrons. The number of rotatable bonds is 6. The lowest BCUT2D eigenvalue weighted by Gasteiger charge is -2.40. The number of aliphatic carboxylic acids is 1. The van der Waals surface area contributed by atoms with E-state index < -0.39 is 11.9 Å². The minimum absolute atomic E-state index is 0.0192. The van der Waals surface area contributed by atoms with E-state index in [1.165, 1.54) is 18.0 Å². The maximum absolute atomic E-state index is 11.9. The monoisotopic (exact) mass is 529 g/mol. The van der Waals surface area contributed by atoms with Crippen LogP contribution in [-0.2, 0) is 24.2 Å². The number of nitrogens with zero attached hydrogens (tertiary/aromatic N) is 5.